The molecule has 0 aliphatic carbocycles. The zero-order valence-electron chi connectivity index (χ0n) is 12.2. The van der Waals surface area contributed by atoms with Gasteiger partial charge in [0.25, 0.3) is 0 Å². The van der Waals surface area contributed by atoms with Crippen molar-refractivity contribution in [1.82, 2.24) is 15.2 Å². The predicted molar refractivity (Wildman–Crippen MR) is 77.9 cm³/mol. The Bertz CT molecular complexity index is 547. The van der Waals surface area contributed by atoms with Crippen LogP contribution in [0.4, 0.5) is 0 Å². The summed E-state index contributed by atoms with van der Waals surface area (Å²) in [5.41, 5.74) is 0.767. The number of nitrogens with one attached hydrogen (secondary N) is 1. The molecule has 1 unspecified atom stereocenters. The summed E-state index contributed by atoms with van der Waals surface area (Å²) in [6.07, 6.45) is 5.43. The van der Waals surface area contributed by atoms with Crippen LogP contribution in [0.15, 0.2) is 24.5 Å². The maximum absolute atomic E-state index is 12.3. The number of carboxylic acids is 1. The number of nitrogens with zero attached hydrogens (tertiary/aromatic N) is 2. The quantitative estimate of drug-likeness (QED) is 0.810. The highest BCUT2D eigenvalue weighted by Crippen LogP contribution is 2.12. The molecule has 1 aliphatic heterocycles. The van der Waals surface area contributed by atoms with Crippen molar-refractivity contribution in [2.45, 2.75) is 31.7 Å². The maximum Gasteiger partial charge on any atom is 0.323 e. The van der Waals surface area contributed by atoms with E-state index in [4.69, 9.17) is 5.11 Å². The number of likely N-dealkylation sites (tertiary alicyclic amines) is 1. The Morgan fingerprint density at radius 2 is 2.23 bits per heavy atom. The van der Waals surface area contributed by atoms with Crippen LogP contribution in [0.5, 0.6) is 0 Å². The summed E-state index contributed by atoms with van der Waals surface area (Å²) in [5.74, 6) is -1.63. The van der Waals surface area contributed by atoms with Gasteiger partial charge in [-0.2, -0.15) is 0 Å². The van der Waals surface area contributed by atoms with Crippen molar-refractivity contribution in [3.05, 3.63) is 30.1 Å². The van der Waals surface area contributed by atoms with Crippen molar-refractivity contribution < 1.29 is 19.5 Å². The van der Waals surface area contributed by atoms with Crippen LogP contribution in [0.3, 0.4) is 0 Å². The molecule has 1 aliphatic rings. The zero-order chi connectivity index (χ0) is 15.9. The van der Waals surface area contributed by atoms with Gasteiger partial charge in [0.1, 0.15) is 12.6 Å². The lowest BCUT2D eigenvalue weighted by Crippen LogP contribution is -2.49. The molecule has 2 amide bonds. The van der Waals surface area contributed by atoms with Crippen molar-refractivity contribution in [3.63, 3.8) is 0 Å². The minimum atomic E-state index is -1.05. The van der Waals surface area contributed by atoms with E-state index in [2.05, 4.69) is 10.3 Å². The number of hydrogen-bond donors (Lipinski definition) is 2. The zero-order valence-corrected chi connectivity index (χ0v) is 12.2. The second kappa shape index (κ2) is 7.53. The highest BCUT2D eigenvalue weighted by atomic mass is 16.4. The van der Waals surface area contributed by atoms with E-state index in [1.807, 2.05) is 0 Å². The highest BCUT2D eigenvalue weighted by molar-refractivity contribution is 5.90. The summed E-state index contributed by atoms with van der Waals surface area (Å²) in [5, 5.41) is 11.6. The van der Waals surface area contributed by atoms with Crippen LogP contribution in [0.25, 0.3) is 0 Å². The van der Waals surface area contributed by atoms with Crippen LogP contribution >= 0.6 is 0 Å². The molecule has 118 valence electrons. The lowest BCUT2D eigenvalue weighted by Gasteiger charge is -2.23. The average Bonchev–Trinajstić information content (AvgIpc) is 2.63. The summed E-state index contributed by atoms with van der Waals surface area (Å²) in [6.45, 7) is 0.0912. The Morgan fingerprint density at radius 1 is 1.41 bits per heavy atom. The van der Waals surface area contributed by atoms with E-state index < -0.39 is 12.0 Å². The van der Waals surface area contributed by atoms with Crippen molar-refractivity contribution >= 4 is 17.8 Å². The smallest absolute Gasteiger partial charge is 0.323 e. The van der Waals surface area contributed by atoms with Gasteiger partial charge in [0.2, 0.25) is 11.8 Å². The van der Waals surface area contributed by atoms with Crippen molar-refractivity contribution in [2.24, 2.45) is 0 Å². The summed E-state index contributed by atoms with van der Waals surface area (Å²) in [6, 6.07) is 2.89. The molecular weight excluding hydrogens is 286 g/mol. The number of carbonyl (C=O) groups is 3. The Kier molecular flexibility index (Phi) is 5.46. The van der Waals surface area contributed by atoms with Crippen LogP contribution in [0.1, 0.15) is 24.8 Å². The SMILES string of the molecule is O=C(O)CN1CCCCC(NC(=O)Cc2cccnc2)C1=O. The highest BCUT2D eigenvalue weighted by Gasteiger charge is 2.29. The molecule has 1 aromatic rings. The molecule has 0 aromatic carbocycles. The molecule has 0 bridgehead atoms. The molecule has 0 radical (unpaired) electrons. The molecule has 7 nitrogen and oxygen atoms in total. The third kappa shape index (κ3) is 4.54. The van der Waals surface area contributed by atoms with Crippen LogP contribution < -0.4 is 5.32 Å². The number of hydrogen-bond acceptors (Lipinski definition) is 4. The molecule has 2 N–H and O–H groups in total. The van der Waals surface area contributed by atoms with E-state index in [1.54, 1.807) is 24.5 Å². The Hall–Kier alpha value is -2.44. The Morgan fingerprint density at radius 3 is 2.91 bits per heavy atom. The first-order chi connectivity index (χ1) is 10.6. The monoisotopic (exact) mass is 305 g/mol. The summed E-state index contributed by atoms with van der Waals surface area (Å²) in [4.78, 5) is 40.4. The standard InChI is InChI=1S/C15H19N3O4/c19-13(8-11-4-3-6-16-9-11)17-12-5-1-2-7-18(15(12)22)10-14(20)21/h3-4,6,9,12H,1-2,5,7-8,10H2,(H,17,19)(H,20,21). The van der Waals surface area contributed by atoms with E-state index in [0.717, 1.165) is 18.4 Å². The van der Waals surface area contributed by atoms with Crippen LogP contribution in [0.2, 0.25) is 0 Å². The molecule has 0 spiro atoms. The fourth-order valence-electron chi connectivity index (χ4n) is 2.49. The van der Waals surface area contributed by atoms with Crippen molar-refractivity contribution in [1.29, 1.82) is 0 Å². The number of carbonyl (C=O) groups excluding carboxylic acids is 2. The lowest BCUT2D eigenvalue weighted by atomic mass is 10.1. The van der Waals surface area contributed by atoms with Gasteiger partial charge in [0.05, 0.1) is 6.42 Å². The molecule has 1 fully saturated rings. The summed E-state index contributed by atoms with van der Waals surface area (Å²) >= 11 is 0. The summed E-state index contributed by atoms with van der Waals surface area (Å²) < 4.78 is 0. The first kappa shape index (κ1) is 15.9. The number of rotatable bonds is 5. The predicted octanol–water partition coefficient (Wildman–Crippen LogP) is 0.206. The van der Waals surface area contributed by atoms with Crippen LogP contribution in [0, 0.1) is 0 Å². The number of aliphatic carboxylic acids is 1. The lowest BCUT2D eigenvalue weighted by molar-refractivity contribution is -0.145. The number of pyridine rings is 1. The molecule has 2 rings (SSSR count). The maximum atomic E-state index is 12.3. The first-order valence-electron chi connectivity index (χ1n) is 7.25. The van der Waals surface area contributed by atoms with E-state index in [1.165, 1.54) is 4.90 Å². The molecule has 22 heavy (non-hydrogen) atoms. The van der Waals surface area contributed by atoms with E-state index in [0.29, 0.717) is 13.0 Å². The normalized spacial score (nSPS) is 18.6. The fourth-order valence-corrected chi connectivity index (χ4v) is 2.49. The second-order valence-electron chi connectivity index (χ2n) is 5.31. The van der Waals surface area contributed by atoms with Gasteiger partial charge < -0.3 is 15.3 Å². The van der Waals surface area contributed by atoms with Gasteiger partial charge in [-0.25, -0.2) is 0 Å². The van der Waals surface area contributed by atoms with Crippen molar-refractivity contribution in [2.75, 3.05) is 13.1 Å². The van der Waals surface area contributed by atoms with Gasteiger partial charge in [-0.3, -0.25) is 19.4 Å². The molecular formula is C15H19N3O4. The van der Waals surface area contributed by atoms with Crippen molar-refractivity contribution in [3.8, 4) is 0 Å². The van der Waals surface area contributed by atoms with E-state index >= 15 is 0 Å². The van der Waals surface area contributed by atoms with Gasteiger partial charge in [-0.05, 0) is 30.9 Å². The van der Waals surface area contributed by atoms with Gasteiger partial charge >= 0.3 is 5.97 Å². The number of carboxylic acid groups (broad SMARTS) is 1. The minimum Gasteiger partial charge on any atom is -0.480 e. The molecule has 1 atom stereocenters. The largest absolute Gasteiger partial charge is 0.480 e. The molecule has 1 aromatic heterocycles. The van der Waals surface area contributed by atoms with Crippen LogP contribution in [-0.2, 0) is 20.8 Å². The van der Waals surface area contributed by atoms with Crippen LogP contribution in [-0.4, -0.2) is 51.9 Å². The molecule has 1 saturated heterocycles. The Balaban J connectivity index is 1.96. The topological polar surface area (TPSA) is 99.6 Å². The number of amides is 2. The third-order valence-corrected chi connectivity index (χ3v) is 3.53. The Labute approximate surface area is 128 Å². The number of aromatic nitrogens is 1. The fraction of sp³-hybridized carbons (Fsp3) is 0.467. The minimum absolute atomic E-state index is 0.149. The van der Waals surface area contributed by atoms with Gasteiger partial charge in [0.15, 0.2) is 0 Å². The second-order valence-corrected chi connectivity index (χ2v) is 5.31. The summed E-state index contributed by atoms with van der Waals surface area (Å²) in [7, 11) is 0. The molecule has 2 heterocycles. The van der Waals surface area contributed by atoms with Gasteiger partial charge in [0, 0.05) is 18.9 Å². The van der Waals surface area contributed by atoms with Gasteiger partial charge in [-0.15, -0.1) is 0 Å². The average molecular weight is 305 g/mol. The van der Waals surface area contributed by atoms with E-state index in [9.17, 15) is 14.4 Å². The first-order valence-corrected chi connectivity index (χ1v) is 7.25. The molecule has 0 saturated carbocycles. The van der Waals surface area contributed by atoms with E-state index in [-0.39, 0.29) is 24.8 Å². The third-order valence-electron chi connectivity index (χ3n) is 3.53. The molecule has 7 heteroatoms. The van der Waals surface area contributed by atoms with Gasteiger partial charge in [-0.1, -0.05) is 6.07 Å².